The highest BCUT2D eigenvalue weighted by Gasteiger charge is 2.47. The number of methoxy groups -OCH3 is 1. The molecule has 2 N–H and O–H groups in total. The van der Waals surface area contributed by atoms with Crippen LogP contribution in [0.1, 0.15) is 30.0 Å². The van der Waals surface area contributed by atoms with Crippen LogP contribution in [0.15, 0.2) is 54.1 Å². The maximum Gasteiger partial charge on any atom is 0.295 e. The number of hydrogen-bond acceptors (Lipinski definition) is 6. The van der Waals surface area contributed by atoms with Gasteiger partial charge in [-0.05, 0) is 54.8 Å². The van der Waals surface area contributed by atoms with Crippen molar-refractivity contribution in [3.8, 4) is 11.5 Å². The number of benzene rings is 2. The molecule has 0 bridgehead atoms. The molecule has 0 aromatic heterocycles. The lowest BCUT2D eigenvalue weighted by Crippen LogP contribution is -2.36. The molecule has 4 rings (SSSR count). The molecule has 7 heteroatoms. The predicted molar refractivity (Wildman–Crippen MR) is 109 cm³/mol. The molecule has 0 aliphatic carbocycles. The number of aromatic hydroxyl groups is 1. The summed E-state index contributed by atoms with van der Waals surface area (Å²) in [6.07, 6.45) is 1.54. The summed E-state index contributed by atoms with van der Waals surface area (Å²) in [5.41, 5.74) is 0.937. The van der Waals surface area contributed by atoms with Crippen molar-refractivity contribution < 1.29 is 29.3 Å². The molecule has 2 unspecified atom stereocenters. The van der Waals surface area contributed by atoms with E-state index in [9.17, 15) is 19.8 Å². The molecule has 7 nitrogen and oxygen atoms in total. The fourth-order valence-electron chi connectivity index (χ4n) is 4.02. The molecule has 0 radical (unpaired) electrons. The van der Waals surface area contributed by atoms with E-state index < -0.39 is 17.7 Å². The summed E-state index contributed by atoms with van der Waals surface area (Å²) in [5.74, 6) is -1.09. The van der Waals surface area contributed by atoms with Crippen LogP contribution in [0.3, 0.4) is 0 Å². The summed E-state index contributed by atoms with van der Waals surface area (Å²) >= 11 is 0. The Morgan fingerprint density at radius 1 is 1.20 bits per heavy atom. The lowest BCUT2D eigenvalue weighted by atomic mass is 9.95. The van der Waals surface area contributed by atoms with E-state index in [1.54, 1.807) is 36.4 Å². The second-order valence-electron chi connectivity index (χ2n) is 7.41. The summed E-state index contributed by atoms with van der Waals surface area (Å²) in [4.78, 5) is 27.3. The van der Waals surface area contributed by atoms with E-state index >= 15 is 0 Å². The average molecular weight is 409 g/mol. The Morgan fingerprint density at radius 2 is 1.97 bits per heavy atom. The van der Waals surface area contributed by atoms with Crippen molar-refractivity contribution in [2.45, 2.75) is 25.0 Å². The van der Waals surface area contributed by atoms with Crippen molar-refractivity contribution in [2.75, 3.05) is 20.3 Å². The minimum absolute atomic E-state index is 0.00577. The van der Waals surface area contributed by atoms with E-state index in [0.717, 1.165) is 12.8 Å². The van der Waals surface area contributed by atoms with Crippen molar-refractivity contribution >= 4 is 17.4 Å². The fourth-order valence-corrected chi connectivity index (χ4v) is 4.02. The standard InChI is InChI=1S/C23H23NO6/c1-29-17-9-7-14(8-10-17)21(26)19-20(15-4-2-5-16(25)12-15)24(23(28)22(19)27)13-18-6-3-11-30-18/h2,4-5,7-10,12,18,20,25-26H,3,6,11,13H2,1H3. The second kappa shape index (κ2) is 8.20. The van der Waals surface area contributed by atoms with Crippen LogP contribution >= 0.6 is 0 Å². The molecule has 2 aromatic rings. The number of ether oxygens (including phenoxy) is 2. The van der Waals surface area contributed by atoms with Gasteiger partial charge in [-0.3, -0.25) is 9.59 Å². The fraction of sp³-hybridized carbons (Fsp3) is 0.304. The minimum Gasteiger partial charge on any atom is -0.508 e. The zero-order valence-electron chi connectivity index (χ0n) is 16.6. The largest absolute Gasteiger partial charge is 0.508 e. The number of amides is 1. The third-order valence-electron chi connectivity index (χ3n) is 5.51. The number of carbonyl (C=O) groups is 2. The molecule has 156 valence electrons. The van der Waals surface area contributed by atoms with Crippen LogP contribution < -0.4 is 4.74 Å². The van der Waals surface area contributed by atoms with Crippen LogP contribution in [0.2, 0.25) is 0 Å². The van der Waals surface area contributed by atoms with Crippen LogP contribution in [0, 0.1) is 0 Å². The van der Waals surface area contributed by atoms with Gasteiger partial charge in [0, 0.05) is 18.7 Å². The molecule has 1 amide bonds. The lowest BCUT2D eigenvalue weighted by molar-refractivity contribution is -0.140. The highest BCUT2D eigenvalue weighted by Crippen LogP contribution is 2.40. The summed E-state index contributed by atoms with van der Waals surface area (Å²) < 4.78 is 10.8. The van der Waals surface area contributed by atoms with Crippen molar-refractivity contribution in [1.82, 2.24) is 4.90 Å². The number of aliphatic hydroxyl groups is 1. The van der Waals surface area contributed by atoms with E-state index in [1.807, 2.05) is 0 Å². The zero-order chi connectivity index (χ0) is 21.3. The van der Waals surface area contributed by atoms with Crippen LogP contribution in [0.4, 0.5) is 0 Å². The summed E-state index contributed by atoms with van der Waals surface area (Å²) in [7, 11) is 1.54. The van der Waals surface area contributed by atoms with Gasteiger partial charge >= 0.3 is 0 Å². The molecule has 0 spiro atoms. The van der Waals surface area contributed by atoms with Gasteiger partial charge in [-0.15, -0.1) is 0 Å². The second-order valence-corrected chi connectivity index (χ2v) is 7.41. The van der Waals surface area contributed by atoms with Crippen LogP contribution in [0.25, 0.3) is 5.76 Å². The molecular weight excluding hydrogens is 386 g/mol. The van der Waals surface area contributed by atoms with Gasteiger partial charge in [-0.2, -0.15) is 0 Å². The third kappa shape index (κ3) is 3.64. The van der Waals surface area contributed by atoms with Gasteiger partial charge in [-0.25, -0.2) is 0 Å². The van der Waals surface area contributed by atoms with Gasteiger partial charge in [0.25, 0.3) is 11.7 Å². The molecule has 2 saturated heterocycles. The van der Waals surface area contributed by atoms with Crippen molar-refractivity contribution in [3.63, 3.8) is 0 Å². The van der Waals surface area contributed by atoms with Gasteiger partial charge in [0.2, 0.25) is 0 Å². The van der Waals surface area contributed by atoms with E-state index in [4.69, 9.17) is 9.47 Å². The first-order valence-corrected chi connectivity index (χ1v) is 9.83. The van der Waals surface area contributed by atoms with Crippen LogP contribution in [0.5, 0.6) is 11.5 Å². The molecular formula is C23H23NO6. The average Bonchev–Trinajstić information content (AvgIpc) is 3.36. The Morgan fingerprint density at radius 3 is 2.60 bits per heavy atom. The van der Waals surface area contributed by atoms with Gasteiger partial charge < -0.3 is 24.6 Å². The maximum atomic E-state index is 13.0. The van der Waals surface area contributed by atoms with Crippen molar-refractivity contribution in [2.24, 2.45) is 0 Å². The minimum atomic E-state index is -0.816. The van der Waals surface area contributed by atoms with E-state index in [2.05, 4.69) is 0 Å². The van der Waals surface area contributed by atoms with Crippen molar-refractivity contribution in [1.29, 1.82) is 0 Å². The van der Waals surface area contributed by atoms with E-state index in [0.29, 0.717) is 23.5 Å². The number of aliphatic hydroxyl groups excluding tert-OH is 1. The summed E-state index contributed by atoms with van der Waals surface area (Å²) in [6, 6.07) is 12.1. The van der Waals surface area contributed by atoms with Crippen molar-refractivity contribution in [3.05, 3.63) is 65.2 Å². The van der Waals surface area contributed by atoms with E-state index in [1.165, 1.54) is 24.1 Å². The normalized spacial score (nSPS) is 23.2. The summed E-state index contributed by atoms with van der Waals surface area (Å²) in [6.45, 7) is 0.863. The first kappa shape index (κ1) is 20.0. The van der Waals surface area contributed by atoms with Gasteiger partial charge in [0.1, 0.15) is 17.3 Å². The number of likely N-dealkylation sites (tertiary alicyclic amines) is 1. The Bertz CT molecular complexity index is 991. The lowest BCUT2D eigenvalue weighted by Gasteiger charge is -2.27. The van der Waals surface area contributed by atoms with Gasteiger partial charge in [0.15, 0.2) is 0 Å². The van der Waals surface area contributed by atoms with Crippen LogP contribution in [-0.4, -0.2) is 53.2 Å². The molecule has 2 aromatic carbocycles. The number of nitrogens with zero attached hydrogens (tertiary/aromatic N) is 1. The number of phenolic OH excluding ortho intramolecular Hbond substituents is 1. The highest BCUT2D eigenvalue weighted by molar-refractivity contribution is 6.46. The molecule has 2 aliphatic rings. The molecule has 30 heavy (non-hydrogen) atoms. The topological polar surface area (TPSA) is 96.3 Å². The Hall–Kier alpha value is -3.32. The number of ketones is 1. The SMILES string of the molecule is COc1ccc(C(O)=C2C(=O)C(=O)N(CC3CCCO3)C2c2cccc(O)c2)cc1. The number of Topliss-reactive ketones (excluding diaryl/α,β-unsaturated/α-hetero) is 1. The Labute approximate surface area is 174 Å². The smallest absolute Gasteiger partial charge is 0.295 e. The molecule has 0 saturated carbocycles. The Kier molecular flexibility index (Phi) is 5.46. The van der Waals surface area contributed by atoms with E-state index in [-0.39, 0.29) is 29.7 Å². The summed E-state index contributed by atoms with van der Waals surface area (Å²) in [5, 5.41) is 21.0. The highest BCUT2D eigenvalue weighted by atomic mass is 16.5. The maximum absolute atomic E-state index is 13.0. The Balaban J connectivity index is 1.81. The number of rotatable bonds is 5. The molecule has 2 atom stereocenters. The quantitative estimate of drug-likeness (QED) is 0.448. The zero-order valence-corrected chi connectivity index (χ0v) is 16.6. The molecule has 2 aliphatic heterocycles. The molecule has 2 fully saturated rings. The number of phenols is 1. The predicted octanol–water partition coefficient (Wildman–Crippen LogP) is 3.00. The monoisotopic (exact) mass is 409 g/mol. The number of carbonyl (C=O) groups excluding carboxylic acids is 2. The first-order valence-electron chi connectivity index (χ1n) is 9.83. The number of hydrogen-bond donors (Lipinski definition) is 2. The van der Waals surface area contributed by atoms with Crippen LogP contribution in [-0.2, 0) is 14.3 Å². The van der Waals surface area contributed by atoms with Gasteiger partial charge in [0.05, 0.1) is 24.8 Å². The van der Waals surface area contributed by atoms with Gasteiger partial charge in [-0.1, -0.05) is 12.1 Å². The molecule has 2 heterocycles. The first-order chi connectivity index (χ1) is 14.5. The third-order valence-corrected chi connectivity index (χ3v) is 5.51.